The lowest BCUT2D eigenvalue weighted by Gasteiger charge is -2.04. The van der Waals surface area contributed by atoms with Crippen molar-refractivity contribution in [1.29, 1.82) is 0 Å². The lowest BCUT2D eigenvalue weighted by atomic mass is 10.1. The minimum absolute atomic E-state index is 0.178. The van der Waals surface area contributed by atoms with Crippen LogP contribution in [-0.4, -0.2) is 11.8 Å². The fraction of sp³-hybridized carbons (Fsp3) is 0.0588. The van der Waals surface area contributed by atoms with E-state index in [1.165, 1.54) is 0 Å². The van der Waals surface area contributed by atoms with E-state index in [4.69, 9.17) is 10.2 Å². The average Bonchev–Trinajstić information content (AvgIpc) is 2.93. The molecule has 22 heavy (non-hydrogen) atoms. The first-order valence-corrected chi connectivity index (χ1v) is 6.79. The molecule has 0 aliphatic heterocycles. The molecule has 1 heterocycles. The highest BCUT2D eigenvalue weighted by Crippen LogP contribution is 2.20. The van der Waals surface area contributed by atoms with Crippen molar-refractivity contribution >= 4 is 28.5 Å². The van der Waals surface area contributed by atoms with Crippen molar-refractivity contribution < 1.29 is 14.0 Å². The molecule has 110 valence electrons. The highest BCUT2D eigenvalue weighted by molar-refractivity contribution is 6.04. The third-order valence-electron chi connectivity index (χ3n) is 3.24. The first kappa shape index (κ1) is 13.9. The molecule has 0 bridgehead atoms. The lowest BCUT2D eigenvalue weighted by molar-refractivity contribution is -0.117. The normalized spacial score (nSPS) is 10.5. The Morgan fingerprint density at radius 3 is 2.45 bits per heavy atom. The molecule has 5 heteroatoms. The van der Waals surface area contributed by atoms with Crippen LogP contribution in [0.5, 0.6) is 0 Å². The van der Waals surface area contributed by atoms with Gasteiger partial charge in [-0.15, -0.1) is 0 Å². The highest BCUT2D eigenvalue weighted by Gasteiger charge is 2.12. The summed E-state index contributed by atoms with van der Waals surface area (Å²) in [5.74, 6) is -0.458. The summed E-state index contributed by atoms with van der Waals surface area (Å²) in [6.45, 7) is 0. The molecule has 5 nitrogen and oxygen atoms in total. The average molecular weight is 294 g/mol. The number of nitrogens with two attached hydrogens (primary N) is 1. The molecule has 0 saturated heterocycles. The second-order valence-electron chi connectivity index (χ2n) is 4.94. The lowest BCUT2D eigenvalue weighted by Crippen LogP contribution is -2.14. The van der Waals surface area contributed by atoms with Crippen LogP contribution in [0.25, 0.3) is 11.0 Å². The highest BCUT2D eigenvalue weighted by atomic mass is 16.3. The molecule has 3 rings (SSSR count). The summed E-state index contributed by atoms with van der Waals surface area (Å²) in [6.07, 6.45) is 0.178. The van der Waals surface area contributed by atoms with Crippen molar-refractivity contribution in [3.8, 4) is 0 Å². The first-order valence-electron chi connectivity index (χ1n) is 6.79. The molecule has 3 aromatic rings. The van der Waals surface area contributed by atoms with Crippen molar-refractivity contribution in [3.05, 3.63) is 65.9 Å². The molecular formula is C17H14N2O3. The molecule has 0 atom stereocenters. The summed E-state index contributed by atoms with van der Waals surface area (Å²) in [5.41, 5.74) is 7.23. The molecule has 0 aliphatic carbocycles. The fourth-order valence-corrected chi connectivity index (χ4v) is 2.19. The van der Waals surface area contributed by atoms with Gasteiger partial charge in [0.1, 0.15) is 5.58 Å². The van der Waals surface area contributed by atoms with Gasteiger partial charge in [0.25, 0.3) is 5.91 Å². The molecule has 0 saturated carbocycles. The maximum Gasteiger partial charge on any atom is 0.291 e. The van der Waals surface area contributed by atoms with E-state index in [1.807, 2.05) is 24.3 Å². The second kappa shape index (κ2) is 5.73. The number of carbonyl (C=O) groups excluding carboxylic acids is 2. The van der Waals surface area contributed by atoms with E-state index in [2.05, 4.69) is 5.32 Å². The number of hydrogen-bond acceptors (Lipinski definition) is 3. The Morgan fingerprint density at radius 2 is 1.77 bits per heavy atom. The van der Waals surface area contributed by atoms with Gasteiger partial charge in [0, 0.05) is 11.1 Å². The van der Waals surface area contributed by atoms with Crippen molar-refractivity contribution in [1.82, 2.24) is 0 Å². The van der Waals surface area contributed by atoms with Gasteiger partial charge in [-0.25, -0.2) is 0 Å². The zero-order valence-electron chi connectivity index (χ0n) is 11.7. The second-order valence-corrected chi connectivity index (χ2v) is 4.94. The molecule has 2 aromatic carbocycles. The molecule has 0 aliphatic rings. The Labute approximate surface area is 126 Å². The Morgan fingerprint density at radius 1 is 1.05 bits per heavy atom. The molecular weight excluding hydrogens is 280 g/mol. The van der Waals surface area contributed by atoms with Gasteiger partial charge in [0.2, 0.25) is 5.91 Å². The van der Waals surface area contributed by atoms with Crippen LogP contribution in [0, 0.1) is 0 Å². The van der Waals surface area contributed by atoms with Crippen molar-refractivity contribution in [2.24, 2.45) is 5.73 Å². The molecule has 0 unspecified atom stereocenters. The van der Waals surface area contributed by atoms with Crippen LogP contribution in [0.1, 0.15) is 16.1 Å². The summed E-state index contributed by atoms with van der Waals surface area (Å²) in [4.78, 5) is 23.0. The number of carbonyl (C=O) groups is 2. The molecule has 2 amide bonds. The summed E-state index contributed by atoms with van der Waals surface area (Å²) in [5, 5.41) is 3.63. The predicted octanol–water partition coefficient (Wildman–Crippen LogP) is 2.71. The largest absolute Gasteiger partial charge is 0.451 e. The third-order valence-corrected chi connectivity index (χ3v) is 3.24. The van der Waals surface area contributed by atoms with Crippen molar-refractivity contribution in [2.45, 2.75) is 6.42 Å². The third kappa shape index (κ3) is 2.98. The topological polar surface area (TPSA) is 85.3 Å². The molecule has 0 fully saturated rings. The Bertz CT molecular complexity index is 801. The van der Waals surface area contributed by atoms with Gasteiger partial charge in [0.15, 0.2) is 5.76 Å². The van der Waals surface area contributed by atoms with Crippen molar-refractivity contribution in [2.75, 3.05) is 5.32 Å². The zero-order valence-corrected chi connectivity index (χ0v) is 11.7. The molecule has 1 aromatic heterocycles. The van der Waals surface area contributed by atoms with Crippen LogP contribution in [0.3, 0.4) is 0 Å². The monoisotopic (exact) mass is 294 g/mol. The number of hydrogen-bond donors (Lipinski definition) is 2. The Kier molecular flexibility index (Phi) is 3.62. The quantitative estimate of drug-likeness (QED) is 0.775. The van der Waals surface area contributed by atoms with Gasteiger partial charge < -0.3 is 15.5 Å². The van der Waals surface area contributed by atoms with E-state index in [-0.39, 0.29) is 24.0 Å². The maximum absolute atomic E-state index is 12.2. The van der Waals surface area contributed by atoms with Gasteiger partial charge in [-0.1, -0.05) is 30.3 Å². The number of fused-ring (bicyclic) bond motifs is 1. The first-order chi connectivity index (χ1) is 10.6. The van der Waals surface area contributed by atoms with E-state index < -0.39 is 0 Å². The number of anilines is 1. The number of benzene rings is 2. The molecule has 3 N–H and O–H groups in total. The predicted molar refractivity (Wildman–Crippen MR) is 83.5 cm³/mol. The number of furan rings is 1. The van der Waals surface area contributed by atoms with E-state index in [0.717, 1.165) is 10.9 Å². The van der Waals surface area contributed by atoms with E-state index in [0.29, 0.717) is 11.3 Å². The van der Waals surface area contributed by atoms with Gasteiger partial charge in [0.05, 0.1) is 6.42 Å². The van der Waals surface area contributed by atoms with Gasteiger partial charge >= 0.3 is 0 Å². The van der Waals surface area contributed by atoms with E-state index >= 15 is 0 Å². The van der Waals surface area contributed by atoms with Crippen LogP contribution in [0.2, 0.25) is 0 Å². The summed E-state index contributed by atoms with van der Waals surface area (Å²) >= 11 is 0. The minimum Gasteiger partial charge on any atom is -0.451 e. The minimum atomic E-state index is -0.390. The summed E-state index contributed by atoms with van der Waals surface area (Å²) in [6, 6.07) is 16.1. The number of primary amides is 1. The molecule has 0 spiro atoms. The fourth-order valence-electron chi connectivity index (χ4n) is 2.19. The maximum atomic E-state index is 12.2. The van der Waals surface area contributed by atoms with Crippen LogP contribution in [-0.2, 0) is 11.2 Å². The standard InChI is InChI=1S/C17H14N2O3/c18-16(20)9-11-5-7-13(8-6-11)19-17(21)15-10-12-3-1-2-4-14(12)22-15/h1-8,10H,9H2,(H2,18,20)(H,19,21). The Hall–Kier alpha value is -3.08. The zero-order chi connectivity index (χ0) is 15.5. The summed E-state index contributed by atoms with van der Waals surface area (Å²) in [7, 11) is 0. The van der Waals surface area contributed by atoms with E-state index in [1.54, 1.807) is 30.3 Å². The van der Waals surface area contributed by atoms with Crippen LogP contribution in [0.15, 0.2) is 59.0 Å². The summed E-state index contributed by atoms with van der Waals surface area (Å²) < 4.78 is 5.51. The number of rotatable bonds is 4. The SMILES string of the molecule is NC(=O)Cc1ccc(NC(=O)c2cc3ccccc3o2)cc1. The van der Waals surface area contributed by atoms with Crippen LogP contribution >= 0.6 is 0 Å². The van der Waals surface area contributed by atoms with Gasteiger partial charge in [-0.3, -0.25) is 9.59 Å². The van der Waals surface area contributed by atoms with E-state index in [9.17, 15) is 9.59 Å². The number of nitrogens with one attached hydrogen (secondary N) is 1. The van der Waals surface area contributed by atoms with Crippen molar-refractivity contribution in [3.63, 3.8) is 0 Å². The van der Waals surface area contributed by atoms with Crippen LogP contribution < -0.4 is 11.1 Å². The Balaban J connectivity index is 1.74. The van der Waals surface area contributed by atoms with Gasteiger partial charge in [-0.05, 0) is 29.8 Å². The van der Waals surface area contributed by atoms with Crippen LogP contribution in [0.4, 0.5) is 5.69 Å². The number of para-hydroxylation sites is 1. The number of amides is 2. The van der Waals surface area contributed by atoms with Gasteiger partial charge in [-0.2, -0.15) is 0 Å². The molecule has 0 radical (unpaired) electrons. The smallest absolute Gasteiger partial charge is 0.291 e.